The molecule has 1 amide bonds. The Morgan fingerprint density at radius 2 is 2.33 bits per heavy atom. The minimum atomic E-state index is -0.000602. The first-order valence-corrected chi connectivity index (χ1v) is 3.32. The van der Waals surface area contributed by atoms with Crippen LogP contribution in [0.25, 0.3) is 0 Å². The van der Waals surface area contributed by atoms with Gasteiger partial charge in [-0.1, -0.05) is 13.3 Å². The first-order chi connectivity index (χ1) is 4.31. The molecule has 52 valence electrons. The molecule has 0 saturated heterocycles. The first kappa shape index (κ1) is 8.34. The van der Waals surface area contributed by atoms with Crippen LogP contribution in [0.2, 0.25) is 0 Å². The van der Waals surface area contributed by atoms with Crippen LogP contribution in [-0.2, 0) is 4.79 Å². The van der Waals surface area contributed by atoms with Gasteiger partial charge in [-0.2, -0.15) is 0 Å². The van der Waals surface area contributed by atoms with Gasteiger partial charge in [0.05, 0.1) is 0 Å². The second-order valence-electron chi connectivity index (χ2n) is 1.88. The third-order valence-corrected chi connectivity index (χ3v) is 1.02. The Bertz CT molecular complexity index is 107. The molecule has 2 nitrogen and oxygen atoms in total. The summed E-state index contributed by atoms with van der Waals surface area (Å²) >= 11 is 0. The maximum absolute atomic E-state index is 10.6. The average Bonchev–Trinajstić information content (AvgIpc) is 1.85. The van der Waals surface area contributed by atoms with Crippen LogP contribution >= 0.6 is 0 Å². The molecule has 0 bridgehead atoms. The summed E-state index contributed by atoms with van der Waals surface area (Å²) in [6.45, 7) is 3.81. The zero-order chi connectivity index (χ0) is 7.11. The number of unbranched alkanes of at least 4 members (excludes halogenated alkanes) is 1. The highest BCUT2D eigenvalue weighted by molar-refractivity contribution is 5.84. The van der Waals surface area contributed by atoms with E-state index in [1.54, 1.807) is 6.92 Å². The summed E-state index contributed by atoms with van der Waals surface area (Å²) in [6.07, 6.45) is 4.15. The molecule has 0 fully saturated rings. The molecule has 9 heavy (non-hydrogen) atoms. The Kier molecular flexibility index (Phi) is 5.07. The highest BCUT2D eigenvalue weighted by Crippen LogP contribution is 1.94. The van der Waals surface area contributed by atoms with Gasteiger partial charge in [0.25, 0.3) is 0 Å². The van der Waals surface area contributed by atoms with Crippen LogP contribution in [-0.4, -0.2) is 12.1 Å². The summed E-state index contributed by atoms with van der Waals surface area (Å²) in [4.78, 5) is 14.2. The summed E-state index contributed by atoms with van der Waals surface area (Å²) in [5, 5.41) is 0. The molecule has 0 aliphatic heterocycles. The third kappa shape index (κ3) is 5.21. The highest BCUT2D eigenvalue weighted by atomic mass is 16.1. The van der Waals surface area contributed by atoms with Crippen LogP contribution in [0.15, 0.2) is 4.99 Å². The fraction of sp³-hybridized carbons (Fsp3) is 0.714. The Morgan fingerprint density at radius 3 is 2.78 bits per heavy atom. The van der Waals surface area contributed by atoms with E-state index >= 15 is 0 Å². The Hall–Kier alpha value is -0.660. The van der Waals surface area contributed by atoms with Gasteiger partial charge in [-0.25, -0.2) is 4.99 Å². The molecule has 0 radical (unpaired) electrons. The van der Waals surface area contributed by atoms with Crippen LogP contribution < -0.4 is 0 Å². The normalized spacial score (nSPS) is 10.4. The lowest BCUT2D eigenvalue weighted by Crippen LogP contribution is -1.91. The van der Waals surface area contributed by atoms with E-state index in [4.69, 9.17) is 0 Å². The molecule has 0 unspecified atom stereocenters. The Labute approximate surface area is 56.0 Å². The predicted molar refractivity (Wildman–Crippen MR) is 38.7 cm³/mol. The number of rotatable bonds is 3. The van der Waals surface area contributed by atoms with Gasteiger partial charge in [0.15, 0.2) is 0 Å². The van der Waals surface area contributed by atoms with Gasteiger partial charge >= 0.3 is 0 Å². The number of nitrogens with zero attached hydrogens (tertiary/aromatic N) is 1. The zero-order valence-electron chi connectivity index (χ0n) is 6.05. The molecule has 2 heteroatoms. The monoisotopic (exact) mass is 127 g/mol. The van der Waals surface area contributed by atoms with E-state index in [1.165, 1.54) is 6.21 Å². The number of carbonyl (C=O) groups excluding carboxylic acids is 1. The lowest BCUT2D eigenvalue weighted by atomic mass is 10.2. The van der Waals surface area contributed by atoms with Crippen LogP contribution in [0.5, 0.6) is 0 Å². The Morgan fingerprint density at radius 1 is 1.67 bits per heavy atom. The van der Waals surface area contributed by atoms with E-state index in [0.29, 0.717) is 6.42 Å². The van der Waals surface area contributed by atoms with Crippen LogP contribution in [0, 0.1) is 0 Å². The van der Waals surface area contributed by atoms with E-state index in [-0.39, 0.29) is 5.91 Å². The van der Waals surface area contributed by atoms with E-state index in [0.717, 1.165) is 12.8 Å². The number of hydrogen-bond donors (Lipinski definition) is 0. The van der Waals surface area contributed by atoms with Crippen LogP contribution in [0.1, 0.15) is 33.1 Å². The van der Waals surface area contributed by atoms with Crippen LogP contribution in [0.4, 0.5) is 0 Å². The molecule has 0 aromatic rings. The molecule has 0 rings (SSSR count). The second-order valence-corrected chi connectivity index (χ2v) is 1.88. The van der Waals surface area contributed by atoms with Crippen molar-refractivity contribution in [2.24, 2.45) is 4.99 Å². The topological polar surface area (TPSA) is 29.4 Å². The van der Waals surface area contributed by atoms with Crippen molar-refractivity contribution in [1.82, 2.24) is 0 Å². The zero-order valence-corrected chi connectivity index (χ0v) is 6.05. The van der Waals surface area contributed by atoms with Crippen molar-refractivity contribution in [3.8, 4) is 0 Å². The van der Waals surface area contributed by atoms with Crippen molar-refractivity contribution in [2.75, 3.05) is 0 Å². The van der Waals surface area contributed by atoms with E-state index in [2.05, 4.69) is 11.9 Å². The highest BCUT2D eigenvalue weighted by Gasteiger charge is 1.93. The lowest BCUT2D eigenvalue weighted by molar-refractivity contribution is -0.117. The van der Waals surface area contributed by atoms with Gasteiger partial charge in [0, 0.05) is 12.6 Å². The number of hydrogen-bond acceptors (Lipinski definition) is 1. The molecule has 0 aromatic heterocycles. The quantitative estimate of drug-likeness (QED) is 0.531. The third-order valence-electron chi connectivity index (χ3n) is 1.02. The maximum atomic E-state index is 10.6. The Balaban J connectivity index is 3.27. The van der Waals surface area contributed by atoms with E-state index < -0.39 is 0 Å². The van der Waals surface area contributed by atoms with E-state index in [9.17, 15) is 4.79 Å². The van der Waals surface area contributed by atoms with E-state index in [1.807, 2.05) is 0 Å². The standard InChI is InChI=1S/C7H13NO/c1-3-5-6-7(9)8-4-2/h4H,3,5-6H2,1-2H3/b8-4-. The minimum absolute atomic E-state index is 0.000602. The summed E-state index contributed by atoms with van der Waals surface area (Å²) in [6, 6.07) is 0. The predicted octanol–water partition coefficient (Wildman–Crippen LogP) is 1.79. The smallest absolute Gasteiger partial charge is 0.245 e. The molecule has 0 aliphatic rings. The molecule has 0 saturated carbocycles. The van der Waals surface area contributed by atoms with Crippen LogP contribution in [0.3, 0.4) is 0 Å². The van der Waals surface area contributed by atoms with Gasteiger partial charge in [-0.05, 0) is 13.3 Å². The van der Waals surface area contributed by atoms with Crippen molar-refractivity contribution in [3.63, 3.8) is 0 Å². The first-order valence-electron chi connectivity index (χ1n) is 3.32. The number of amides is 1. The maximum Gasteiger partial charge on any atom is 0.245 e. The fourth-order valence-corrected chi connectivity index (χ4v) is 0.537. The van der Waals surface area contributed by atoms with Crippen molar-refractivity contribution in [2.45, 2.75) is 33.1 Å². The van der Waals surface area contributed by atoms with Crippen molar-refractivity contribution in [3.05, 3.63) is 0 Å². The molecule has 0 heterocycles. The molecular weight excluding hydrogens is 114 g/mol. The van der Waals surface area contributed by atoms with Gasteiger partial charge in [-0.3, -0.25) is 4.79 Å². The van der Waals surface area contributed by atoms with Gasteiger partial charge in [0.2, 0.25) is 5.91 Å². The van der Waals surface area contributed by atoms with Crippen molar-refractivity contribution >= 4 is 12.1 Å². The number of aliphatic imine (C=N–C) groups is 1. The summed E-state index contributed by atoms with van der Waals surface area (Å²) in [5.74, 6) is -0.000602. The summed E-state index contributed by atoms with van der Waals surface area (Å²) < 4.78 is 0. The van der Waals surface area contributed by atoms with Gasteiger partial charge in [-0.15, -0.1) is 0 Å². The average molecular weight is 127 g/mol. The largest absolute Gasteiger partial charge is 0.273 e. The number of carbonyl (C=O) groups is 1. The molecule has 0 N–H and O–H groups in total. The second kappa shape index (κ2) is 5.48. The molecular formula is C7H13NO. The molecule has 0 aliphatic carbocycles. The molecule has 0 spiro atoms. The van der Waals surface area contributed by atoms with Crippen molar-refractivity contribution < 1.29 is 4.79 Å². The molecule has 0 aromatic carbocycles. The van der Waals surface area contributed by atoms with Crippen molar-refractivity contribution in [1.29, 1.82) is 0 Å². The minimum Gasteiger partial charge on any atom is -0.273 e. The summed E-state index contributed by atoms with van der Waals surface area (Å²) in [5.41, 5.74) is 0. The molecule has 0 atom stereocenters. The van der Waals surface area contributed by atoms with Gasteiger partial charge in [0.1, 0.15) is 0 Å². The van der Waals surface area contributed by atoms with Gasteiger partial charge < -0.3 is 0 Å². The fourth-order valence-electron chi connectivity index (χ4n) is 0.537. The SMILES string of the molecule is C/C=N\C(=O)CCCC. The summed E-state index contributed by atoms with van der Waals surface area (Å²) in [7, 11) is 0. The lowest BCUT2D eigenvalue weighted by Gasteiger charge is -1.88.